The number of halogens is 6. The second-order valence-electron chi connectivity index (χ2n) is 9.48. The van der Waals surface area contributed by atoms with Gasteiger partial charge in [-0.25, -0.2) is 18.0 Å². The van der Waals surface area contributed by atoms with E-state index in [1.165, 1.54) is 17.7 Å². The number of hydrogen-bond acceptors (Lipinski definition) is 5. The SMILES string of the molecule is COC1c2c(c(=O)[nH]c(=O)n2C2CC2)C(C(F)F)=C(F)C1c1cc2c(s1)CCC(C(N)C(F)(F)F)C2. The van der Waals surface area contributed by atoms with Crippen molar-refractivity contribution in [3.05, 3.63) is 59.3 Å². The summed E-state index contributed by atoms with van der Waals surface area (Å²) in [5.74, 6) is -3.50. The van der Waals surface area contributed by atoms with Crippen LogP contribution in [0.25, 0.3) is 5.57 Å². The minimum absolute atomic E-state index is 0.0208. The van der Waals surface area contributed by atoms with Gasteiger partial charge in [0.15, 0.2) is 0 Å². The first-order valence-corrected chi connectivity index (χ1v) is 12.3. The van der Waals surface area contributed by atoms with Crippen LogP contribution in [0, 0.1) is 5.92 Å². The van der Waals surface area contributed by atoms with E-state index >= 15 is 4.39 Å². The molecule has 4 atom stereocenters. The van der Waals surface area contributed by atoms with Crippen molar-refractivity contribution in [3.8, 4) is 0 Å². The fourth-order valence-electron chi connectivity index (χ4n) is 5.42. The minimum Gasteiger partial charge on any atom is -0.374 e. The molecule has 0 bridgehead atoms. The van der Waals surface area contributed by atoms with Crippen molar-refractivity contribution in [2.24, 2.45) is 11.7 Å². The summed E-state index contributed by atoms with van der Waals surface area (Å²) < 4.78 is 90.5. The second kappa shape index (κ2) is 8.88. The van der Waals surface area contributed by atoms with E-state index in [0.29, 0.717) is 18.4 Å². The van der Waals surface area contributed by atoms with Gasteiger partial charge >= 0.3 is 11.9 Å². The molecular formula is C23H23F6N3O3S. The van der Waals surface area contributed by atoms with Crippen LogP contribution in [0.15, 0.2) is 21.5 Å². The maximum Gasteiger partial charge on any atom is 0.403 e. The summed E-state index contributed by atoms with van der Waals surface area (Å²) in [6.07, 6.45) is -7.50. The van der Waals surface area contributed by atoms with Crippen LogP contribution in [0.3, 0.4) is 0 Å². The van der Waals surface area contributed by atoms with E-state index in [1.54, 1.807) is 0 Å². The third-order valence-electron chi connectivity index (χ3n) is 7.27. The molecule has 6 nitrogen and oxygen atoms in total. The van der Waals surface area contributed by atoms with Crippen LogP contribution in [-0.2, 0) is 17.6 Å². The zero-order chi connectivity index (χ0) is 26.1. The molecule has 0 aliphatic heterocycles. The number of aryl methyl sites for hydroxylation is 1. The Morgan fingerprint density at radius 3 is 2.50 bits per heavy atom. The van der Waals surface area contributed by atoms with Gasteiger partial charge in [-0.2, -0.15) is 13.2 Å². The van der Waals surface area contributed by atoms with Gasteiger partial charge < -0.3 is 10.5 Å². The lowest BCUT2D eigenvalue weighted by Crippen LogP contribution is -2.45. The number of allylic oxidation sites excluding steroid dienone is 1. The molecule has 5 rings (SSSR count). The van der Waals surface area contributed by atoms with Crippen molar-refractivity contribution in [1.82, 2.24) is 9.55 Å². The average molecular weight is 536 g/mol. The fourth-order valence-corrected chi connectivity index (χ4v) is 6.75. The van der Waals surface area contributed by atoms with Crippen LogP contribution in [-0.4, -0.2) is 35.3 Å². The van der Waals surface area contributed by atoms with E-state index in [4.69, 9.17) is 10.5 Å². The molecule has 3 aliphatic carbocycles. The van der Waals surface area contributed by atoms with Crippen molar-refractivity contribution in [3.63, 3.8) is 0 Å². The summed E-state index contributed by atoms with van der Waals surface area (Å²) >= 11 is 1.12. The summed E-state index contributed by atoms with van der Waals surface area (Å²) in [4.78, 5) is 28.3. The normalized spacial score (nSPS) is 25.2. The summed E-state index contributed by atoms with van der Waals surface area (Å²) in [6, 6.07) is -0.821. The number of nitrogens with one attached hydrogen (secondary N) is 1. The molecule has 0 saturated heterocycles. The fraction of sp³-hybridized carbons (Fsp3) is 0.565. The largest absolute Gasteiger partial charge is 0.403 e. The number of aromatic amines is 1. The third kappa shape index (κ3) is 4.04. The molecule has 13 heteroatoms. The molecule has 0 spiro atoms. The molecule has 2 aromatic heterocycles. The lowest BCUT2D eigenvalue weighted by Gasteiger charge is -2.33. The quantitative estimate of drug-likeness (QED) is 0.557. The second-order valence-corrected chi connectivity index (χ2v) is 10.7. The zero-order valence-electron chi connectivity index (χ0n) is 19.0. The van der Waals surface area contributed by atoms with Crippen LogP contribution >= 0.6 is 11.3 Å². The Morgan fingerprint density at radius 2 is 1.92 bits per heavy atom. The lowest BCUT2D eigenvalue weighted by molar-refractivity contribution is -0.159. The van der Waals surface area contributed by atoms with E-state index in [2.05, 4.69) is 0 Å². The summed E-state index contributed by atoms with van der Waals surface area (Å²) in [6.45, 7) is 0. The number of fused-ring (bicyclic) bond motifs is 2. The monoisotopic (exact) mass is 535 g/mol. The molecule has 3 aliphatic rings. The maximum absolute atomic E-state index is 15.8. The Bertz CT molecular complexity index is 1340. The summed E-state index contributed by atoms with van der Waals surface area (Å²) in [5.41, 5.74) is 2.28. The van der Waals surface area contributed by atoms with E-state index in [-0.39, 0.29) is 35.9 Å². The van der Waals surface area contributed by atoms with E-state index in [0.717, 1.165) is 16.2 Å². The summed E-state index contributed by atoms with van der Waals surface area (Å²) in [7, 11) is 1.23. The predicted octanol–water partition coefficient (Wildman–Crippen LogP) is 4.36. The topological polar surface area (TPSA) is 90.1 Å². The number of nitrogens with two attached hydrogens (primary N) is 1. The van der Waals surface area contributed by atoms with E-state index in [1.807, 2.05) is 4.98 Å². The first kappa shape index (κ1) is 25.3. The Labute approximate surface area is 204 Å². The van der Waals surface area contributed by atoms with Crippen molar-refractivity contribution in [2.45, 2.75) is 68.8 Å². The predicted molar refractivity (Wildman–Crippen MR) is 120 cm³/mol. The number of nitrogens with zero attached hydrogens (tertiary/aromatic N) is 1. The number of H-pyrrole nitrogens is 1. The van der Waals surface area contributed by atoms with Crippen molar-refractivity contribution in [2.75, 3.05) is 7.11 Å². The van der Waals surface area contributed by atoms with Crippen molar-refractivity contribution >= 4 is 16.9 Å². The number of methoxy groups -OCH3 is 1. The Hall–Kier alpha value is -2.38. The van der Waals surface area contributed by atoms with Gasteiger partial charge in [0.25, 0.3) is 12.0 Å². The van der Waals surface area contributed by atoms with Gasteiger partial charge in [-0.15, -0.1) is 11.3 Å². The number of thiophene rings is 1. The molecule has 1 saturated carbocycles. The number of hydrogen-bond donors (Lipinski definition) is 2. The Kier molecular flexibility index (Phi) is 6.23. The number of alkyl halides is 5. The first-order valence-electron chi connectivity index (χ1n) is 11.5. The molecule has 196 valence electrons. The number of aromatic nitrogens is 2. The molecule has 0 aromatic carbocycles. The highest BCUT2D eigenvalue weighted by Crippen LogP contribution is 2.53. The van der Waals surface area contributed by atoms with Crippen LogP contribution in [0.2, 0.25) is 0 Å². The van der Waals surface area contributed by atoms with Crippen LogP contribution in [0.5, 0.6) is 0 Å². The molecule has 0 amide bonds. The Balaban J connectivity index is 1.64. The van der Waals surface area contributed by atoms with E-state index in [9.17, 15) is 31.5 Å². The number of rotatable bonds is 5. The van der Waals surface area contributed by atoms with Crippen molar-refractivity contribution < 1.29 is 31.1 Å². The van der Waals surface area contributed by atoms with Gasteiger partial charge in [0, 0.05) is 22.9 Å². The standard InChI is InChI=1S/C23H23F6N3O3S/c1-35-18-13(12-7-9-6-8(2-5-11(9)36-12)19(30)23(27,28)29)16(24)14(20(25)26)15-17(18)32(10-3-4-10)22(34)31-21(15)33/h7-8,10,13,18-20H,2-6,30H2,1H3,(H,31,33,34). The molecule has 4 unspecified atom stereocenters. The van der Waals surface area contributed by atoms with E-state index < -0.39 is 64.8 Å². The van der Waals surface area contributed by atoms with Crippen molar-refractivity contribution in [1.29, 1.82) is 0 Å². The van der Waals surface area contributed by atoms with Gasteiger partial charge in [-0.3, -0.25) is 14.3 Å². The van der Waals surface area contributed by atoms with Gasteiger partial charge in [0.05, 0.1) is 22.7 Å². The van der Waals surface area contributed by atoms with Gasteiger partial charge in [-0.05, 0) is 49.7 Å². The van der Waals surface area contributed by atoms with Crippen LogP contribution < -0.4 is 17.0 Å². The lowest BCUT2D eigenvalue weighted by atomic mass is 9.81. The van der Waals surface area contributed by atoms with Crippen LogP contribution in [0.1, 0.15) is 63.9 Å². The number of ether oxygens (including phenoxy) is 1. The molecule has 0 radical (unpaired) electrons. The van der Waals surface area contributed by atoms with Gasteiger partial charge in [-0.1, -0.05) is 0 Å². The average Bonchev–Trinajstić information content (AvgIpc) is 3.54. The van der Waals surface area contributed by atoms with Gasteiger partial charge in [0.1, 0.15) is 18.0 Å². The Morgan fingerprint density at radius 1 is 1.22 bits per heavy atom. The molecular weight excluding hydrogens is 512 g/mol. The zero-order valence-corrected chi connectivity index (χ0v) is 19.8. The first-order chi connectivity index (χ1) is 16.9. The van der Waals surface area contributed by atoms with Crippen LogP contribution in [0.4, 0.5) is 26.3 Å². The summed E-state index contributed by atoms with van der Waals surface area (Å²) in [5, 5.41) is 0. The highest BCUT2D eigenvalue weighted by molar-refractivity contribution is 7.12. The highest BCUT2D eigenvalue weighted by Gasteiger charge is 2.47. The van der Waals surface area contributed by atoms with Gasteiger partial charge in [0.2, 0.25) is 0 Å². The molecule has 36 heavy (non-hydrogen) atoms. The highest BCUT2D eigenvalue weighted by atomic mass is 32.1. The minimum atomic E-state index is -4.56. The molecule has 3 N–H and O–H groups in total. The third-order valence-corrected chi connectivity index (χ3v) is 8.59. The molecule has 2 aromatic rings. The smallest absolute Gasteiger partial charge is 0.374 e. The molecule has 2 heterocycles. The molecule has 1 fully saturated rings. The maximum atomic E-state index is 15.8.